The van der Waals surface area contributed by atoms with E-state index in [9.17, 15) is 9.59 Å². The van der Waals surface area contributed by atoms with E-state index in [1.54, 1.807) is 48.6 Å². The van der Waals surface area contributed by atoms with Crippen molar-refractivity contribution >= 4 is 11.8 Å². The van der Waals surface area contributed by atoms with Crippen molar-refractivity contribution < 1.29 is 14.3 Å². The van der Waals surface area contributed by atoms with E-state index in [1.165, 1.54) is 6.08 Å². The van der Waals surface area contributed by atoms with Gasteiger partial charge in [0.2, 0.25) is 0 Å². The maximum absolute atomic E-state index is 12.2. The van der Waals surface area contributed by atoms with Gasteiger partial charge in [0.15, 0.2) is 5.78 Å². The number of ether oxygens (including phenoxy) is 1. The van der Waals surface area contributed by atoms with Crippen LogP contribution in [0.15, 0.2) is 91.1 Å². The standard InChI is InChI=1S/C22H20O3.3C2H6/c1-3-5-9-18(4-2)22(24)25-20-14-12-17(13-15-20)16-21(23)19-10-7-6-8-11-19;3*1-2/h3-15H,2,16H2,1H3;3*1-2H3/b5-3-,18-9+;;;. The molecule has 0 spiro atoms. The molecule has 0 radical (unpaired) electrons. The minimum Gasteiger partial charge on any atom is -0.423 e. The van der Waals surface area contributed by atoms with E-state index in [4.69, 9.17) is 4.74 Å². The van der Waals surface area contributed by atoms with Crippen LogP contribution in [-0.2, 0) is 11.2 Å². The average molecular weight is 423 g/mol. The molecule has 0 fully saturated rings. The number of carbonyl (C=O) groups is 2. The third-order valence-electron chi connectivity index (χ3n) is 3.52. The van der Waals surface area contributed by atoms with Crippen molar-refractivity contribution in [1.29, 1.82) is 0 Å². The number of rotatable bonds is 7. The predicted octanol–water partition coefficient (Wildman–Crippen LogP) is 7.78. The molecule has 0 unspecified atom stereocenters. The third kappa shape index (κ3) is 12.2. The second kappa shape index (κ2) is 20.1. The highest BCUT2D eigenvalue weighted by molar-refractivity contribution is 5.97. The smallest absolute Gasteiger partial charge is 0.343 e. The summed E-state index contributed by atoms with van der Waals surface area (Å²) in [6.07, 6.45) is 6.96. The highest BCUT2D eigenvalue weighted by Gasteiger charge is 2.10. The quantitative estimate of drug-likeness (QED) is 0.150. The van der Waals surface area contributed by atoms with Crippen LogP contribution < -0.4 is 4.74 Å². The lowest BCUT2D eigenvalue weighted by Gasteiger charge is -2.06. The predicted molar refractivity (Wildman–Crippen MR) is 134 cm³/mol. The molecule has 0 aromatic heterocycles. The Hall–Kier alpha value is -3.20. The van der Waals surface area contributed by atoms with E-state index >= 15 is 0 Å². The van der Waals surface area contributed by atoms with Gasteiger partial charge in [-0.25, -0.2) is 4.79 Å². The molecule has 3 nitrogen and oxygen atoms in total. The number of Topliss-reactive ketones (excluding diaryl/α,β-unsaturated/α-hetero) is 1. The van der Waals surface area contributed by atoms with Crippen LogP contribution in [0.3, 0.4) is 0 Å². The molecule has 3 heteroatoms. The number of benzene rings is 2. The van der Waals surface area contributed by atoms with Crippen molar-refractivity contribution in [3.05, 3.63) is 102 Å². The Morgan fingerprint density at radius 2 is 1.42 bits per heavy atom. The normalized spacial score (nSPS) is 9.71. The van der Waals surface area contributed by atoms with Crippen LogP contribution in [0.5, 0.6) is 5.75 Å². The Morgan fingerprint density at radius 3 is 1.90 bits per heavy atom. The molecule has 168 valence electrons. The molecule has 2 rings (SSSR count). The van der Waals surface area contributed by atoms with Gasteiger partial charge in [0.25, 0.3) is 0 Å². The molecular formula is C28H38O3. The molecule has 0 aliphatic heterocycles. The second-order valence-electron chi connectivity index (χ2n) is 5.35. The molecule has 0 atom stereocenters. The first kappa shape index (κ1) is 30.0. The Morgan fingerprint density at radius 1 is 0.871 bits per heavy atom. The zero-order chi connectivity index (χ0) is 24.1. The van der Waals surface area contributed by atoms with E-state index in [2.05, 4.69) is 6.58 Å². The van der Waals surface area contributed by atoms with E-state index in [-0.39, 0.29) is 5.78 Å². The van der Waals surface area contributed by atoms with Crippen LogP contribution in [0.1, 0.15) is 64.4 Å². The van der Waals surface area contributed by atoms with Gasteiger partial charge in [-0.3, -0.25) is 4.79 Å². The summed E-state index contributed by atoms with van der Waals surface area (Å²) in [7, 11) is 0. The number of allylic oxidation sites excluding steroid dienone is 3. The van der Waals surface area contributed by atoms with Gasteiger partial charge in [-0.15, -0.1) is 0 Å². The lowest BCUT2D eigenvalue weighted by molar-refractivity contribution is -0.129. The topological polar surface area (TPSA) is 43.4 Å². The first-order chi connectivity index (χ1) is 15.1. The van der Waals surface area contributed by atoms with E-state index in [0.717, 1.165) is 5.56 Å². The summed E-state index contributed by atoms with van der Waals surface area (Å²) in [6, 6.07) is 16.1. The fourth-order valence-electron chi connectivity index (χ4n) is 2.17. The number of hydrogen-bond donors (Lipinski definition) is 0. The number of carbonyl (C=O) groups excluding carboxylic acids is 2. The molecule has 31 heavy (non-hydrogen) atoms. The van der Waals surface area contributed by atoms with Crippen molar-refractivity contribution in [2.45, 2.75) is 54.9 Å². The lowest BCUT2D eigenvalue weighted by atomic mass is 10.0. The maximum Gasteiger partial charge on any atom is 0.343 e. The zero-order valence-electron chi connectivity index (χ0n) is 20.1. The highest BCUT2D eigenvalue weighted by Crippen LogP contribution is 2.16. The average Bonchev–Trinajstić information content (AvgIpc) is 2.85. The summed E-state index contributed by atoms with van der Waals surface area (Å²) in [5.41, 5.74) is 1.92. The van der Waals surface area contributed by atoms with Crippen molar-refractivity contribution in [2.24, 2.45) is 0 Å². The van der Waals surface area contributed by atoms with E-state index in [0.29, 0.717) is 23.3 Å². The zero-order valence-corrected chi connectivity index (χ0v) is 20.1. The minimum absolute atomic E-state index is 0.0496. The molecule has 2 aromatic carbocycles. The van der Waals surface area contributed by atoms with Crippen LogP contribution in [0.4, 0.5) is 0 Å². The van der Waals surface area contributed by atoms with Gasteiger partial charge in [0.1, 0.15) is 5.75 Å². The largest absolute Gasteiger partial charge is 0.423 e. The fraction of sp³-hybridized carbons (Fsp3) is 0.286. The van der Waals surface area contributed by atoms with Gasteiger partial charge >= 0.3 is 5.97 Å². The molecule has 0 aliphatic rings. The highest BCUT2D eigenvalue weighted by atomic mass is 16.5. The van der Waals surface area contributed by atoms with Crippen LogP contribution in [-0.4, -0.2) is 11.8 Å². The van der Waals surface area contributed by atoms with Crippen molar-refractivity contribution in [2.75, 3.05) is 0 Å². The van der Waals surface area contributed by atoms with Gasteiger partial charge in [-0.05, 0) is 30.7 Å². The minimum atomic E-state index is -0.471. The summed E-state index contributed by atoms with van der Waals surface area (Å²) in [5, 5.41) is 0. The summed E-state index contributed by atoms with van der Waals surface area (Å²) < 4.78 is 5.31. The molecular weight excluding hydrogens is 384 g/mol. The van der Waals surface area contributed by atoms with E-state index < -0.39 is 5.97 Å². The van der Waals surface area contributed by atoms with Crippen LogP contribution in [0, 0.1) is 0 Å². The monoisotopic (exact) mass is 422 g/mol. The number of ketones is 1. The first-order valence-electron chi connectivity index (χ1n) is 11.0. The van der Waals surface area contributed by atoms with Crippen LogP contribution >= 0.6 is 0 Å². The molecule has 0 amide bonds. The summed E-state index contributed by atoms with van der Waals surface area (Å²) in [6.45, 7) is 17.5. The fourth-order valence-corrected chi connectivity index (χ4v) is 2.17. The SMILES string of the molecule is C=C/C(=C\C=C/C)C(=O)Oc1ccc(CC(=O)c2ccccc2)cc1.CC.CC.CC. The maximum atomic E-state index is 12.2. The Kier molecular flexibility index (Phi) is 19.4. The van der Waals surface area contributed by atoms with E-state index in [1.807, 2.05) is 72.7 Å². The van der Waals surface area contributed by atoms with Gasteiger partial charge in [0, 0.05) is 12.0 Å². The molecule has 2 aromatic rings. The number of esters is 1. The Labute approximate surface area is 189 Å². The van der Waals surface area contributed by atoms with Crippen LogP contribution in [0.2, 0.25) is 0 Å². The first-order valence-corrected chi connectivity index (χ1v) is 11.0. The Balaban J connectivity index is 0. The lowest BCUT2D eigenvalue weighted by Crippen LogP contribution is -2.10. The molecule has 0 bridgehead atoms. The van der Waals surface area contributed by atoms with Gasteiger partial charge in [0.05, 0.1) is 5.57 Å². The number of hydrogen-bond acceptors (Lipinski definition) is 3. The van der Waals surface area contributed by atoms with Crippen molar-refractivity contribution in [3.63, 3.8) is 0 Å². The molecule has 0 aliphatic carbocycles. The summed E-state index contributed by atoms with van der Waals surface area (Å²) in [4.78, 5) is 24.2. The van der Waals surface area contributed by atoms with Crippen LogP contribution in [0.25, 0.3) is 0 Å². The third-order valence-corrected chi connectivity index (χ3v) is 3.52. The van der Waals surface area contributed by atoms with Crippen molar-refractivity contribution in [1.82, 2.24) is 0 Å². The van der Waals surface area contributed by atoms with Gasteiger partial charge in [-0.1, -0.05) is 109 Å². The Bertz CT molecular complexity index is 798. The second-order valence-corrected chi connectivity index (χ2v) is 5.35. The summed E-state index contributed by atoms with van der Waals surface area (Å²) >= 11 is 0. The molecule has 0 N–H and O–H groups in total. The summed E-state index contributed by atoms with van der Waals surface area (Å²) in [5.74, 6) is 0.00363. The van der Waals surface area contributed by atoms with Crippen molar-refractivity contribution in [3.8, 4) is 5.75 Å². The van der Waals surface area contributed by atoms with Gasteiger partial charge in [-0.2, -0.15) is 0 Å². The molecule has 0 heterocycles. The molecule has 0 saturated heterocycles. The van der Waals surface area contributed by atoms with Gasteiger partial charge < -0.3 is 4.74 Å². The molecule has 0 saturated carbocycles.